The lowest BCUT2D eigenvalue weighted by molar-refractivity contribution is -0.132. The van der Waals surface area contributed by atoms with Crippen LogP contribution in [-0.2, 0) is 4.79 Å². The maximum Gasteiger partial charge on any atom is 0.223 e. The van der Waals surface area contributed by atoms with Crippen molar-refractivity contribution >= 4 is 34.2 Å². The summed E-state index contributed by atoms with van der Waals surface area (Å²) in [5.41, 5.74) is 1.10. The lowest BCUT2D eigenvalue weighted by Crippen LogP contribution is -2.31. The number of rotatable bonds is 6. The van der Waals surface area contributed by atoms with Crippen LogP contribution in [0.25, 0.3) is 0 Å². The normalized spacial score (nSPS) is 17.2. The Kier molecular flexibility index (Phi) is 8.21. The second-order valence-corrected chi connectivity index (χ2v) is 6.25. The molecule has 1 N–H and O–H groups in total. The second kappa shape index (κ2) is 9.38. The van der Waals surface area contributed by atoms with Gasteiger partial charge in [0.15, 0.2) is 0 Å². The van der Waals surface area contributed by atoms with E-state index in [0.29, 0.717) is 6.42 Å². The molecule has 0 radical (unpaired) electrons. The highest BCUT2D eigenvalue weighted by molar-refractivity contribution is 9.10. The molecule has 0 aromatic heterocycles. The van der Waals surface area contributed by atoms with Crippen LogP contribution in [0.1, 0.15) is 37.3 Å². The van der Waals surface area contributed by atoms with Gasteiger partial charge in [-0.2, -0.15) is 0 Å². The molecule has 1 aromatic rings. The summed E-state index contributed by atoms with van der Waals surface area (Å²) in [6.07, 6.45) is 3.55. The van der Waals surface area contributed by atoms with Crippen molar-refractivity contribution in [2.75, 3.05) is 27.2 Å². The van der Waals surface area contributed by atoms with Gasteiger partial charge in [-0.25, -0.2) is 0 Å². The number of benzene rings is 1. The summed E-state index contributed by atoms with van der Waals surface area (Å²) < 4.78 is 6.49. The average molecular weight is 392 g/mol. The summed E-state index contributed by atoms with van der Waals surface area (Å²) >= 11 is 3.51. The van der Waals surface area contributed by atoms with Crippen molar-refractivity contribution in [3.8, 4) is 5.75 Å². The number of hydrogen-bond acceptors (Lipinski definition) is 3. The SMILES string of the molecule is CNCCCC(=O)N1CCCC1c1cc(Br)ccc1OC.Cl. The molecule has 1 atom stereocenters. The molecule has 1 unspecified atom stereocenters. The Balaban J connectivity index is 0.00000242. The van der Waals surface area contributed by atoms with Crippen LogP contribution in [0.15, 0.2) is 22.7 Å². The first-order valence-corrected chi connectivity index (χ1v) is 8.24. The van der Waals surface area contributed by atoms with Gasteiger partial charge in [0.2, 0.25) is 5.91 Å². The Morgan fingerprint density at radius 1 is 1.50 bits per heavy atom. The van der Waals surface area contributed by atoms with Crippen LogP contribution in [0.4, 0.5) is 0 Å². The zero-order chi connectivity index (χ0) is 15.2. The van der Waals surface area contributed by atoms with E-state index in [-0.39, 0.29) is 24.4 Å². The van der Waals surface area contributed by atoms with Crippen molar-refractivity contribution in [2.24, 2.45) is 0 Å². The van der Waals surface area contributed by atoms with Gasteiger partial charge >= 0.3 is 0 Å². The number of nitrogens with zero attached hydrogens (tertiary/aromatic N) is 1. The lowest BCUT2D eigenvalue weighted by Gasteiger charge is -2.26. The van der Waals surface area contributed by atoms with E-state index in [4.69, 9.17) is 4.74 Å². The van der Waals surface area contributed by atoms with Gasteiger partial charge < -0.3 is 15.0 Å². The fourth-order valence-corrected chi connectivity index (χ4v) is 3.29. The summed E-state index contributed by atoms with van der Waals surface area (Å²) in [5, 5.41) is 3.09. The van der Waals surface area contributed by atoms with Crippen LogP contribution < -0.4 is 10.1 Å². The fraction of sp³-hybridized carbons (Fsp3) is 0.562. The molecule has 1 saturated heterocycles. The van der Waals surface area contributed by atoms with E-state index >= 15 is 0 Å². The van der Waals surface area contributed by atoms with E-state index in [0.717, 1.165) is 48.1 Å². The minimum Gasteiger partial charge on any atom is -0.496 e. The molecular formula is C16H24BrClN2O2. The predicted octanol–water partition coefficient (Wildman–Crippen LogP) is 3.54. The third-order valence-corrected chi connectivity index (χ3v) is 4.43. The summed E-state index contributed by atoms with van der Waals surface area (Å²) in [6, 6.07) is 6.14. The molecular weight excluding hydrogens is 368 g/mol. The quantitative estimate of drug-likeness (QED) is 0.754. The molecule has 1 heterocycles. The Labute approximate surface area is 147 Å². The molecule has 6 heteroatoms. The largest absolute Gasteiger partial charge is 0.496 e. The van der Waals surface area contributed by atoms with E-state index in [1.54, 1.807) is 7.11 Å². The third kappa shape index (κ3) is 4.61. The highest BCUT2D eigenvalue weighted by Crippen LogP contribution is 2.38. The van der Waals surface area contributed by atoms with E-state index in [9.17, 15) is 4.79 Å². The van der Waals surface area contributed by atoms with Gasteiger partial charge in [-0.3, -0.25) is 4.79 Å². The molecule has 1 fully saturated rings. The number of methoxy groups -OCH3 is 1. The molecule has 4 nitrogen and oxygen atoms in total. The van der Waals surface area contributed by atoms with Crippen LogP contribution in [-0.4, -0.2) is 38.1 Å². The maximum absolute atomic E-state index is 12.4. The molecule has 0 saturated carbocycles. The minimum atomic E-state index is 0. The molecule has 0 bridgehead atoms. The number of ether oxygens (including phenoxy) is 1. The average Bonchev–Trinajstić information content (AvgIpc) is 2.96. The van der Waals surface area contributed by atoms with Gasteiger partial charge in [-0.15, -0.1) is 12.4 Å². The van der Waals surface area contributed by atoms with Crippen molar-refractivity contribution in [3.63, 3.8) is 0 Å². The number of amides is 1. The van der Waals surface area contributed by atoms with E-state index in [1.165, 1.54) is 0 Å². The third-order valence-electron chi connectivity index (χ3n) is 3.94. The van der Waals surface area contributed by atoms with Gasteiger partial charge in [-0.05, 0) is 51.1 Å². The van der Waals surface area contributed by atoms with Gasteiger partial charge in [0.25, 0.3) is 0 Å². The number of nitrogens with one attached hydrogen (secondary N) is 1. The predicted molar refractivity (Wildman–Crippen MR) is 94.8 cm³/mol. The van der Waals surface area contributed by atoms with Crippen LogP contribution in [0.3, 0.4) is 0 Å². The molecule has 2 rings (SSSR count). The van der Waals surface area contributed by atoms with Gasteiger partial charge in [0, 0.05) is 23.0 Å². The zero-order valence-electron chi connectivity index (χ0n) is 13.1. The highest BCUT2D eigenvalue weighted by atomic mass is 79.9. The molecule has 0 spiro atoms. The second-order valence-electron chi connectivity index (χ2n) is 5.34. The lowest BCUT2D eigenvalue weighted by atomic mass is 10.0. The van der Waals surface area contributed by atoms with Crippen molar-refractivity contribution in [1.82, 2.24) is 10.2 Å². The zero-order valence-corrected chi connectivity index (χ0v) is 15.5. The first kappa shape index (κ1) is 19.3. The highest BCUT2D eigenvalue weighted by Gasteiger charge is 2.31. The van der Waals surface area contributed by atoms with E-state index in [1.807, 2.05) is 24.1 Å². The van der Waals surface area contributed by atoms with Crippen LogP contribution in [0.5, 0.6) is 5.75 Å². The summed E-state index contributed by atoms with van der Waals surface area (Å²) in [6.45, 7) is 1.73. The van der Waals surface area contributed by atoms with Crippen LogP contribution >= 0.6 is 28.3 Å². The standard InChI is InChI=1S/C16H23BrN2O2.ClH/c1-18-9-3-6-16(20)19-10-4-5-14(19)13-11-12(17)7-8-15(13)21-2;/h7-8,11,14,18H,3-6,9-10H2,1-2H3;1H. The Morgan fingerprint density at radius 2 is 2.27 bits per heavy atom. The van der Waals surface area contributed by atoms with Crippen molar-refractivity contribution in [1.29, 1.82) is 0 Å². The first-order chi connectivity index (χ1) is 10.2. The summed E-state index contributed by atoms with van der Waals surface area (Å²) in [4.78, 5) is 14.4. The topological polar surface area (TPSA) is 41.6 Å². The molecule has 124 valence electrons. The number of likely N-dealkylation sites (tertiary alicyclic amines) is 1. The smallest absolute Gasteiger partial charge is 0.223 e. The van der Waals surface area contributed by atoms with Crippen molar-refractivity contribution in [2.45, 2.75) is 31.7 Å². The monoisotopic (exact) mass is 390 g/mol. The molecule has 22 heavy (non-hydrogen) atoms. The van der Waals surface area contributed by atoms with E-state index < -0.39 is 0 Å². The molecule has 1 aliphatic heterocycles. The Bertz CT molecular complexity index is 499. The number of carbonyl (C=O) groups is 1. The Hall–Kier alpha value is -0.780. The number of hydrogen-bond donors (Lipinski definition) is 1. The molecule has 1 aliphatic rings. The molecule has 1 amide bonds. The van der Waals surface area contributed by atoms with Gasteiger partial charge in [-0.1, -0.05) is 15.9 Å². The number of carbonyl (C=O) groups excluding carboxylic acids is 1. The minimum absolute atomic E-state index is 0. The summed E-state index contributed by atoms with van der Waals surface area (Å²) in [5.74, 6) is 1.10. The van der Waals surface area contributed by atoms with Gasteiger partial charge in [0.1, 0.15) is 5.75 Å². The maximum atomic E-state index is 12.4. The molecule has 1 aromatic carbocycles. The van der Waals surface area contributed by atoms with Crippen molar-refractivity contribution in [3.05, 3.63) is 28.2 Å². The van der Waals surface area contributed by atoms with Crippen LogP contribution in [0, 0.1) is 0 Å². The molecule has 0 aliphatic carbocycles. The summed E-state index contributed by atoms with van der Waals surface area (Å²) in [7, 11) is 3.59. The Morgan fingerprint density at radius 3 is 2.95 bits per heavy atom. The van der Waals surface area contributed by atoms with E-state index in [2.05, 4.69) is 27.3 Å². The van der Waals surface area contributed by atoms with Gasteiger partial charge in [0.05, 0.1) is 13.2 Å². The number of halogens is 2. The fourth-order valence-electron chi connectivity index (χ4n) is 2.91. The first-order valence-electron chi connectivity index (χ1n) is 7.45. The van der Waals surface area contributed by atoms with Crippen LogP contribution in [0.2, 0.25) is 0 Å². The van der Waals surface area contributed by atoms with Crippen molar-refractivity contribution < 1.29 is 9.53 Å².